The molecule has 0 aliphatic carbocycles. The van der Waals surface area contributed by atoms with Crippen molar-refractivity contribution in [1.82, 2.24) is 10.2 Å². The highest BCUT2D eigenvalue weighted by atomic mass is 16.6. The third kappa shape index (κ3) is 7.16. The number of ether oxygens (including phenoxy) is 1. The van der Waals surface area contributed by atoms with Gasteiger partial charge in [0.25, 0.3) is 0 Å². The lowest BCUT2D eigenvalue weighted by Gasteiger charge is -2.27. The summed E-state index contributed by atoms with van der Waals surface area (Å²) in [5, 5.41) is 12.3. The molecule has 1 rings (SSSR count). The van der Waals surface area contributed by atoms with Crippen LogP contribution in [0.1, 0.15) is 45.2 Å². The summed E-state index contributed by atoms with van der Waals surface area (Å²) in [6.07, 6.45) is 0.606. The fourth-order valence-electron chi connectivity index (χ4n) is 2.11. The molecule has 1 aromatic carbocycles. The number of hydrogen-bond donors (Lipinski definition) is 1. The minimum atomic E-state index is -0.484. The number of amides is 1. The monoisotopic (exact) mass is 317 g/mol. The van der Waals surface area contributed by atoms with Gasteiger partial charge in [-0.15, -0.1) is 0 Å². The molecule has 0 radical (unpaired) electrons. The maximum atomic E-state index is 12.1. The molecule has 0 spiro atoms. The lowest BCUT2D eigenvalue weighted by molar-refractivity contribution is 0.0252. The standard InChI is InChI=1S/C18H27N3O2/c1-5-11-21(17(22)23-18(2,3)4)12-10-20-14-16-9-7-6-8-15(16)13-19/h6-9,20H,5,10-12,14H2,1-4H3. The molecular weight excluding hydrogens is 290 g/mol. The van der Waals surface area contributed by atoms with Crippen molar-refractivity contribution in [2.24, 2.45) is 0 Å². The van der Waals surface area contributed by atoms with Crippen LogP contribution in [0.5, 0.6) is 0 Å². The Morgan fingerprint density at radius 1 is 1.30 bits per heavy atom. The molecular formula is C18H27N3O2. The second-order valence-corrected chi connectivity index (χ2v) is 6.41. The van der Waals surface area contributed by atoms with Gasteiger partial charge < -0.3 is 15.0 Å². The molecule has 5 nitrogen and oxygen atoms in total. The van der Waals surface area contributed by atoms with Crippen LogP contribution in [0.25, 0.3) is 0 Å². The SMILES string of the molecule is CCCN(CCNCc1ccccc1C#N)C(=O)OC(C)(C)C. The molecule has 0 heterocycles. The van der Waals surface area contributed by atoms with E-state index in [1.54, 1.807) is 11.0 Å². The van der Waals surface area contributed by atoms with Gasteiger partial charge in [0.1, 0.15) is 5.60 Å². The van der Waals surface area contributed by atoms with Crippen LogP contribution in [-0.4, -0.2) is 36.2 Å². The van der Waals surface area contributed by atoms with Crippen molar-refractivity contribution in [3.05, 3.63) is 35.4 Å². The van der Waals surface area contributed by atoms with Crippen LogP contribution in [0.3, 0.4) is 0 Å². The molecule has 1 aromatic rings. The van der Waals surface area contributed by atoms with Gasteiger partial charge >= 0.3 is 6.09 Å². The normalized spacial score (nSPS) is 10.9. The van der Waals surface area contributed by atoms with Crippen molar-refractivity contribution < 1.29 is 9.53 Å². The minimum Gasteiger partial charge on any atom is -0.444 e. The molecule has 0 aromatic heterocycles. The maximum absolute atomic E-state index is 12.1. The van der Waals surface area contributed by atoms with E-state index in [1.807, 2.05) is 45.9 Å². The number of nitriles is 1. The highest BCUT2D eigenvalue weighted by Gasteiger charge is 2.21. The third-order valence-corrected chi connectivity index (χ3v) is 3.16. The van der Waals surface area contributed by atoms with Gasteiger partial charge in [-0.2, -0.15) is 5.26 Å². The zero-order chi connectivity index (χ0) is 17.3. The minimum absolute atomic E-state index is 0.279. The first-order valence-corrected chi connectivity index (χ1v) is 8.04. The van der Waals surface area contributed by atoms with Crippen molar-refractivity contribution in [3.8, 4) is 6.07 Å². The molecule has 1 amide bonds. The van der Waals surface area contributed by atoms with E-state index < -0.39 is 5.60 Å². The largest absolute Gasteiger partial charge is 0.444 e. The Hall–Kier alpha value is -2.06. The second-order valence-electron chi connectivity index (χ2n) is 6.41. The highest BCUT2D eigenvalue weighted by Crippen LogP contribution is 2.10. The molecule has 5 heteroatoms. The number of nitrogens with zero attached hydrogens (tertiary/aromatic N) is 2. The predicted octanol–water partition coefficient (Wildman–Crippen LogP) is 3.29. The maximum Gasteiger partial charge on any atom is 0.410 e. The molecule has 0 atom stereocenters. The van der Waals surface area contributed by atoms with E-state index in [9.17, 15) is 4.79 Å². The number of benzene rings is 1. The Labute approximate surface area is 139 Å². The zero-order valence-corrected chi connectivity index (χ0v) is 14.6. The van der Waals surface area contributed by atoms with Gasteiger partial charge in [0, 0.05) is 26.2 Å². The van der Waals surface area contributed by atoms with Crippen molar-refractivity contribution >= 4 is 6.09 Å². The first-order chi connectivity index (χ1) is 10.9. The summed E-state index contributed by atoms with van der Waals surface area (Å²) in [6, 6.07) is 9.70. The van der Waals surface area contributed by atoms with Crippen LogP contribution in [0.4, 0.5) is 4.79 Å². The number of nitrogens with one attached hydrogen (secondary N) is 1. The number of hydrogen-bond acceptors (Lipinski definition) is 4. The molecule has 0 saturated carbocycles. The van der Waals surface area contributed by atoms with E-state index in [1.165, 1.54) is 0 Å². The lowest BCUT2D eigenvalue weighted by Crippen LogP contribution is -2.40. The van der Waals surface area contributed by atoms with E-state index in [2.05, 4.69) is 11.4 Å². The molecule has 0 saturated heterocycles. The van der Waals surface area contributed by atoms with Gasteiger partial charge in [0.2, 0.25) is 0 Å². The van der Waals surface area contributed by atoms with Gasteiger partial charge in [-0.3, -0.25) is 0 Å². The van der Waals surface area contributed by atoms with Crippen LogP contribution in [-0.2, 0) is 11.3 Å². The summed E-state index contributed by atoms with van der Waals surface area (Å²) in [6.45, 7) is 10.2. The Morgan fingerprint density at radius 2 is 2.00 bits per heavy atom. The van der Waals surface area contributed by atoms with Crippen LogP contribution in [0.2, 0.25) is 0 Å². The van der Waals surface area contributed by atoms with Crippen molar-refractivity contribution in [3.63, 3.8) is 0 Å². The first kappa shape index (κ1) is 19.0. The fraction of sp³-hybridized carbons (Fsp3) is 0.556. The quantitative estimate of drug-likeness (QED) is 0.784. The van der Waals surface area contributed by atoms with E-state index in [0.29, 0.717) is 31.7 Å². The topological polar surface area (TPSA) is 65.4 Å². The highest BCUT2D eigenvalue weighted by molar-refractivity contribution is 5.68. The van der Waals surface area contributed by atoms with E-state index >= 15 is 0 Å². The average molecular weight is 317 g/mol. The van der Waals surface area contributed by atoms with Crippen molar-refractivity contribution in [2.45, 2.75) is 46.3 Å². The average Bonchev–Trinajstić information content (AvgIpc) is 2.49. The summed E-state index contributed by atoms with van der Waals surface area (Å²) < 4.78 is 5.42. The summed E-state index contributed by atoms with van der Waals surface area (Å²) >= 11 is 0. The third-order valence-electron chi connectivity index (χ3n) is 3.16. The van der Waals surface area contributed by atoms with E-state index in [4.69, 9.17) is 10.00 Å². The van der Waals surface area contributed by atoms with Crippen LogP contribution >= 0.6 is 0 Å². The lowest BCUT2D eigenvalue weighted by atomic mass is 10.1. The zero-order valence-electron chi connectivity index (χ0n) is 14.6. The molecule has 0 aliphatic rings. The molecule has 0 aliphatic heterocycles. The summed E-state index contributed by atoms with van der Waals surface area (Å²) in [5.41, 5.74) is 1.16. The van der Waals surface area contributed by atoms with Gasteiger partial charge in [0.05, 0.1) is 11.6 Å². The summed E-state index contributed by atoms with van der Waals surface area (Å²) in [5.74, 6) is 0. The molecule has 1 N–H and O–H groups in total. The summed E-state index contributed by atoms with van der Waals surface area (Å²) in [7, 11) is 0. The molecule has 23 heavy (non-hydrogen) atoms. The Bertz CT molecular complexity index is 544. The Morgan fingerprint density at radius 3 is 2.61 bits per heavy atom. The molecule has 126 valence electrons. The van der Waals surface area contributed by atoms with Crippen LogP contribution in [0, 0.1) is 11.3 Å². The van der Waals surface area contributed by atoms with E-state index in [0.717, 1.165) is 12.0 Å². The van der Waals surface area contributed by atoms with Gasteiger partial charge in [-0.05, 0) is 38.8 Å². The summed E-state index contributed by atoms with van der Waals surface area (Å²) in [4.78, 5) is 13.9. The first-order valence-electron chi connectivity index (χ1n) is 8.04. The number of carbonyl (C=O) groups is 1. The second kappa shape index (κ2) is 9.16. The van der Waals surface area contributed by atoms with Crippen molar-refractivity contribution in [2.75, 3.05) is 19.6 Å². The number of rotatable bonds is 7. The van der Waals surface area contributed by atoms with Gasteiger partial charge in [0.15, 0.2) is 0 Å². The van der Waals surface area contributed by atoms with Gasteiger partial charge in [-0.25, -0.2) is 4.79 Å². The number of carbonyl (C=O) groups excluding carboxylic acids is 1. The molecule has 0 unspecified atom stereocenters. The fourth-order valence-corrected chi connectivity index (χ4v) is 2.11. The smallest absolute Gasteiger partial charge is 0.410 e. The van der Waals surface area contributed by atoms with Crippen molar-refractivity contribution in [1.29, 1.82) is 5.26 Å². The van der Waals surface area contributed by atoms with Gasteiger partial charge in [-0.1, -0.05) is 25.1 Å². The van der Waals surface area contributed by atoms with Crippen LogP contribution < -0.4 is 5.32 Å². The predicted molar refractivity (Wildman–Crippen MR) is 91.0 cm³/mol. The van der Waals surface area contributed by atoms with E-state index in [-0.39, 0.29) is 6.09 Å². The van der Waals surface area contributed by atoms with Crippen LogP contribution in [0.15, 0.2) is 24.3 Å². The Kier molecular flexibility index (Phi) is 7.56. The Balaban J connectivity index is 2.47. The molecule has 0 bridgehead atoms. The molecule has 0 fully saturated rings.